The molecule has 0 amide bonds. The minimum atomic E-state index is 0.548. The highest BCUT2D eigenvalue weighted by atomic mass is 16.5. The first-order valence-corrected chi connectivity index (χ1v) is 6.57. The number of likely N-dealkylation sites (N-methyl/N-ethyl adjacent to an activating group) is 1. The van der Waals surface area contributed by atoms with Crippen molar-refractivity contribution in [3.8, 4) is 0 Å². The molecule has 1 heterocycles. The first kappa shape index (κ1) is 13.9. The van der Waals surface area contributed by atoms with Gasteiger partial charge in [0.15, 0.2) is 0 Å². The number of nitrogens with zero attached hydrogens (tertiary/aromatic N) is 1. The van der Waals surface area contributed by atoms with Gasteiger partial charge in [0.2, 0.25) is 0 Å². The van der Waals surface area contributed by atoms with Crippen LogP contribution in [-0.2, 0) is 4.74 Å². The Kier molecular flexibility index (Phi) is 5.73. The molecule has 0 bridgehead atoms. The van der Waals surface area contributed by atoms with E-state index in [9.17, 15) is 0 Å². The molecule has 1 rings (SSSR count). The summed E-state index contributed by atoms with van der Waals surface area (Å²) in [6, 6.07) is 1.19. The number of ether oxygens (including phenoxy) is 1. The summed E-state index contributed by atoms with van der Waals surface area (Å²) >= 11 is 0. The fourth-order valence-corrected chi connectivity index (χ4v) is 2.31. The molecule has 3 atom stereocenters. The van der Waals surface area contributed by atoms with E-state index in [4.69, 9.17) is 4.74 Å². The first-order chi connectivity index (χ1) is 7.56. The average Bonchev–Trinajstić information content (AvgIpc) is 2.65. The normalized spacial score (nSPS) is 27.9. The molecule has 0 spiro atoms. The number of hydrogen-bond donors (Lipinski definition) is 1. The molecule has 0 saturated carbocycles. The van der Waals surface area contributed by atoms with Crippen LogP contribution in [0.3, 0.4) is 0 Å². The van der Waals surface area contributed by atoms with Crippen LogP contribution in [0.1, 0.15) is 27.7 Å². The Balaban J connectivity index is 2.40. The average molecular weight is 228 g/mol. The summed E-state index contributed by atoms with van der Waals surface area (Å²) in [5, 5.41) is 3.52. The Morgan fingerprint density at radius 3 is 2.56 bits per heavy atom. The second-order valence-corrected chi connectivity index (χ2v) is 5.39. The molecule has 0 aromatic carbocycles. The quantitative estimate of drug-likeness (QED) is 0.747. The lowest BCUT2D eigenvalue weighted by Gasteiger charge is -2.31. The van der Waals surface area contributed by atoms with Crippen LogP contribution in [0.25, 0.3) is 0 Å². The Morgan fingerprint density at radius 1 is 1.31 bits per heavy atom. The van der Waals surface area contributed by atoms with Crippen molar-refractivity contribution in [1.29, 1.82) is 0 Å². The van der Waals surface area contributed by atoms with Gasteiger partial charge >= 0.3 is 0 Å². The predicted molar refractivity (Wildman–Crippen MR) is 68.7 cm³/mol. The number of rotatable bonds is 6. The van der Waals surface area contributed by atoms with E-state index in [0.29, 0.717) is 23.9 Å². The lowest BCUT2D eigenvalue weighted by atomic mass is 10.00. The standard InChI is InChI=1S/C13H28N2O/c1-6-14-13-9-16-8-12(13)7-15(5)11(4)10(2)3/h10-14H,6-9H2,1-5H3. The van der Waals surface area contributed by atoms with Gasteiger partial charge in [0.1, 0.15) is 0 Å². The van der Waals surface area contributed by atoms with Crippen molar-refractivity contribution in [1.82, 2.24) is 10.2 Å². The van der Waals surface area contributed by atoms with E-state index in [1.807, 2.05) is 0 Å². The summed E-state index contributed by atoms with van der Waals surface area (Å²) < 4.78 is 5.57. The molecule has 3 heteroatoms. The Bertz CT molecular complexity index is 196. The van der Waals surface area contributed by atoms with E-state index in [1.54, 1.807) is 0 Å². The molecular weight excluding hydrogens is 200 g/mol. The highest BCUT2D eigenvalue weighted by molar-refractivity contribution is 4.84. The molecule has 3 nitrogen and oxygen atoms in total. The third-order valence-electron chi connectivity index (χ3n) is 3.85. The van der Waals surface area contributed by atoms with E-state index in [0.717, 1.165) is 26.3 Å². The molecule has 16 heavy (non-hydrogen) atoms. The molecular formula is C13H28N2O. The van der Waals surface area contributed by atoms with Crippen molar-refractivity contribution < 1.29 is 4.74 Å². The summed E-state index contributed by atoms with van der Waals surface area (Å²) in [7, 11) is 2.23. The summed E-state index contributed by atoms with van der Waals surface area (Å²) in [5.41, 5.74) is 0. The molecule has 0 aromatic heterocycles. The fraction of sp³-hybridized carbons (Fsp3) is 1.00. The summed E-state index contributed by atoms with van der Waals surface area (Å²) in [5.74, 6) is 1.36. The molecule has 1 N–H and O–H groups in total. The van der Waals surface area contributed by atoms with Crippen LogP contribution in [0.15, 0.2) is 0 Å². The zero-order valence-corrected chi connectivity index (χ0v) is 11.5. The smallest absolute Gasteiger partial charge is 0.0623 e. The van der Waals surface area contributed by atoms with Gasteiger partial charge < -0.3 is 15.0 Å². The summed E-state index contributed by atoms with van der Waals surface area (Å²) in [6.07, 6.45) is 0. The topological polar surface area (TPSA) is 24.5 Å². The SMILES string of the molecule is CCNC1COCC1CN(C)C(C)C(C)C. The third kappa shape index (κ3) is 3.72. The van der Waals surface area contributed by atoms with Crippen molar-refractivity contribution in [2.75, 3.05) is 33.4 Å². The van der Waals surface area contributed by atoms with Crippen LogP contribution in [0.2, 0.25) is 0 Å². The highest BCUT2D eigenvalue weighted by Crippen LogP contribution is 2.17. The number of hydrogen-bond acceptors (Lipinski definition) is 3. The molecule has 3 unspecified atom stereocenters. The third-order valence-corrected chi connectivity index (χ3v) is 3.85. The van der Waals surface area contributed by atoms with Gasteiger partial charge in [-0.15, -0.1) is 0 Å². The van der Waals surface area contributed by atoms with Gasteiger partial charge in [-0.3, -0.25) is 0 Å². The Hall–Kier alpha value is -0.120. The lowest BCUT2D eigenvalue weighted by Crippen LogP contribution is -2.44. The molecule has 1 aliphatic heterocycles. The van der Waals surface area contributed by atoms with Crippen molar-refractivity contribution in [3.63, 3.8) is 0 Å². The van der Waals surface area contributed by atoms with Crippen LogP contribution in [0.5, 0.6) is 0 Å². The fourth-order valence-electron chi connectivity index (χ4n) is 2.31. The van der Waals surface area contributed by atoms with Crippen molar-refractivity contribution in [3.05, 3.63) is 0 Å². The van der Waals surface area contributed by atoms with Crippen molar-refractivity contribution in [2.45, 2.75) is 39.8 Å². The minimum Gasteiger partial charge on any atom is -0.379 e. The zero-order chi connectivity index (χ0) is 12.1. The minimum absolute atomic E-state index is 0.548. The van der Waals surface area contributed by atoms with Crippen molar-refractivity contribution in [2.24, 2.45) is 11.8 Å². The van der Waals surface area contributed by atoms with E-state index in [-0.39, 0.29) is 0 Å². The van der Waals surface area contributed by atoms with Crippen LogP contribution >= 0.6 is 0 Å². The lowest BCUT2D eigenvalue weighted by molar-refractivity contribution is 0.149. The van der Waals surface area contributed by atoms with Gasteiger partial charge in [-0.1, -0.05) is 20.8 Å². The molecule has 0 radical (unpaired) electrons. The highest BCUT2D eigenvalue weighted by Gasteiger charge is 2.29. The summed E-state index contributed by atoms with van der Waals surface area (Å²) in [4.78, 5) is 2.47. The van der Waals surface area contributed by atoms with Crippen LogP contribution in [-0.4, -0.2) is 50.3 Å². The largest absolute Gasteiger partial charge is 0.379 e. The maximum absolute atomic E-state index is 5.57. The van der Waals surface area contributed by atoms with Crippen LogP contribution in [0, 0.1) is 11.8 Å². The van der Waals surface area contributed by atoms with E-state index in [2.05, 4.69) is 45.0 Å². The van der Waals surface area contributed by atoms with Gasteiger partial charge in [-0.25, -0.2) is 0 Å². The molecule has 1 saturated heterocycles. The molecule has 0 aliphatic carbocycles. The van der Waals surface area contributed by atoms with Gasteiger partial charge in [-0.2, -0.15) is 0 Å². The van der Waals surface area contributed by atoms with E-state index >= 15 is 0 Å². The molecule has 96 valence electrons. The second kappa shape index (κ2) is 6.58. The van der Waals surface area contributed by atoms with Gasteiger partial charge in [0.25, 0.3) is 0 Å². The van der Waals surface area contributed by atoms with E-state index in [1.165, 1.54) is 0 Å². The molecule has 1 aliphatic rings. The maximum atomic E-state index is 5.57. The Labute approximate surface area is 101 Å². The first-order valence-electron chi connectivity index (χ1n) is 6.57. The van der Waals surface area contributed by atoms with Crippen molar-refractivity contribution >= 4 is 0 Å². The predicted octanol–water partition coefficient (Wildman–Crippen LogP) is 1.59. The maximum Gasteiger partial charge on any atom is 0.0623 e. The van der Waals surface area contributed by atoms with Crippen LogP contribution < -0.4 is 5.32 Å². The summed E-state index contributed by atoms with van der Waals surface area (Å²) in [6.45, 7) is 13.0. The molecule has 0 aromatic rings. The Morgan fingerprint density at radius 2 is 2.00 bits per heavy atom. The van der Waals surface area contributed by atoms with E-state index < -0.39 is 0 Å². The van der Waals surface area contributed by atoms with Gasteiger partial charge in [-0.05, 0) is 26.4 Å². The molecule has 1 fully saturated rings. The van der Waals surface area contributed by atoms with Gasteiger partial charge in [0, 0.05) is 24.5 Å². The monoisotopic (exact) mass is 228 g/mol. The van der Waals surface area contributed by atoms with Crippen LogP contribution in [0.4, 0.5) is 0 Å². The van der Waals surface area contributed by atoms with Gasteiger partial charge in [0.05, 0.1) is 13.2 Å². The zero-order valence-electron chi connectivity index (χ0n) is 11.5. The number of nitrogens with one attached hydrogen (secondary N) is 1. The second-order valence-electron chi connectivity index (χ2n) is 5.39.